The number of ether oxygens (including phenoxy) is 1. The van der Waals surface area contributed by atoms with E-state index in [4.69, 9.17) is 20.6 Å². The summed E-state index contributed by atoms with van der Waals surface area (Å²) < 4.78 is 7.73. The van der Waals surface area contributed by atoms with E-state index in [0.717, 1.165) is 38.9 Å². The van der Waals surface area contributed by atoms with Gasteiger partial charge in [-0.2, -0.15) is 5.10 Å². The molecule has 3 aliphatic rings. The molecule has 0 spiro atoms. The molecule has 0 radical (unpaired) electrons. The van der Waals surface area contributed by atoms with Crippen LogP contribution in [0.3, 0.4) is 0 Å². The summed E-state index contributed by atoms with van der Waals surface area (Å²) in [5.74, 6) is 1.59. The summed E-state index contributed by atoms with van der Waals surface area (Å²) in [6.07, 6.45) is 9.77. The van der Waals surface area contributed by atoms with Gasteiger partial charge in [-0.15, -0.1) is 0 Å². The van der Waals surface area contributed by atoms with Crippen molar-refractivity contribution in [1.82, 2.24) is 14.8 Å². The second kappa shape index (κ2) is 6.77. The number of nitrogens with one attached hydrogen (secondary N) is 1. The average molecular weight is 365 g/mol. The molecule has 2 aromatic heterocycles. The molecule has 4 heterocycles. The van der Waals surface area contributed by atoms with Gasteiger partial charge in [0.2, 0.25) is 5.96 Å². The molecule has 140 valence electrons. The Morgan fingerprint density at radius 3 is 2.85 bits per heavy atom. The van der Waals surface area contributed by atoms with Crippen molar-refractivity contribution in [2.45, 2.75) is 37.8 Å². The number of hydrogen-bond acceptors (Lipinski definition) is 7. The highest BCUT2D eigenvalue weighted by Gasteiger charge is 2.36. The number of hydrogen-bond donors (Lipinski definition) is 2. The van der Waals surface area contributed by atoms with Crippen LogP contribution in [-0.2, 0) is 11.2 Å². The lowest BCUT2D eigenvalue weighted by Crippen LogP contribution is -2.31. The van der Waals surface area contributed by atoms with Gasteiger partial charge in [0.1, 0.15) is 11.9 Å². The lowest BCUT2D eigenvalue weighted by atomic mass is 9.83. The highest BCUT2D eigenvalue weighted by atomic mass is 16.5. The number of nitrogens with zero attached hydrogens (tertiary/aromatic N) is 5. The molecule has 8 nitrogen and oxygen atoms in total. The predicted molar refractivity (Wildman–Crippen MR) is 104 cm³/mol. The summed E-state index contributed by atoms with van der Waals surface area (Å²) in [4.78, 5) is 13.7. The molecule has 1 fully saturated rings. The second-order valence-corrected chi connectivity index (χ2v) is 7.32. The van der Waals surface area contributed by atoms with Gasteiger partial charge in [0.05, 0.1) is 29.8 Å². The molecule has 0 aromatic carbocycles. The van der Waals surface area contributed by atoms with Gasteiger partial charge in [0.15, 0.2) is 0 Å². The Labute approximate surface area is 157 Å². The van der Waals surface area contributed by atoms with Gasteiger partial charge in [-0.05, 0) is 43.4 Å². The van der Waals surface area contributed by atoms with Crippen LogP contribution in [0.1, 0.15) is 42.6 Å². The quantitative estimate of drug-likeness (QED) is 0.850. The predicted octanol–water partition coefficient (Wildman–Crippen LogP) is 2.37. The maximum atomic E-state index is 5.71. The molecular formula is C19H23N7O. The zero-order valence-corrected chi connectivity index (χ0v) is 15.1. The first-order valence-corrected chi connectivity index (χ1v) is 9.52. The summed E-state index contributed by atoms with van der Waals surface area (Å²) in [7, 11) is 0. The maximum Gasteiger partial charge on any atom is 0.224 e. The molecule has 1 saturated heterocycles. The molecular weight excluding hydrogens is 342 g/mol. The van der Waals surface area contributed by atoms with Gasteiger partial charge in [-0.25, -0.2) is 15.0 Å². The van der Waals surface area contributed by atoms with Gasteiger partial charge in [0.25, 0.3) is 0 Å². The van der Waals surface area contributed by atoms with E-state index in [1.807, 2.05) is 24.5 Å². The fourth-order valence-corrected chi connectivity index (χ4v) is 4.13. The minimum Gasteiger partial charge on any atom is -0.397 e. The third-order valence-electron chi connectivity index (χ3n) is 5.56. The molecule has 5 rings (SSSR count). The fourth-order valence-electron chi connectivity index (χ4n) is 4.13. The number of aliphatic imine (C=N–C) groups is 2. The van der Waals surface area contributed by atoms with Crippen molar-refractivity contribution in [2.75, 3.05) is 24.3 Å². The number of pyridine rings is 1. The first-order chi connectivity index (χ1) is 13.3. The van der Waals surface area contributed by atoms with E-state index < -0.39 is 0 Å². The lowest BCUT2D eigenvalue weighted by Gasteiger charge is -2.32. The number of anilines is 2. The first-order valence-electron chi connectivity index (χ1n) is 9.52. The van der Waals surface area contributed by atoms with E-state index in [1.54, 1.807) is 6.20 Å². The lowest BCUT2D eigenvalue weighted by molar-refractivity contribution is 0.0647. The Kier molecular flexibility index (Phi) is 4.12. The molecule has 0 bridgehead atoms. The molecule has 2 aromatic rings. The zero-order chi connectivity index (χ0) is 18.2. The van der Waals surface area contributed by atoms with Crippen LogP contribution < -0.4 is 11.1 Å². The summed E-state index contributed by atoms with van der Waals surface area (Å²) in [5.41, 5.74) is 8.89. The SMILES string of the molecule is Nc1ccc(NC2=NC3c4c(cnn4C4CCOCC4)CCC3C=N2)nc1. The summed E-state index contributed by atoms with van der Waals surface area (Å²) in [5, 5.41) is 7.93. The normalized spacial score (nSPS) is 24.8. The van der Waals surface area contributed by atoms with E-state index in [2.05, 4.69) is 20.0 Å². The molecule has 3 N–H and O–H groups in total. The highest BCUT2D eigenvalue weighted by Crippen LogP contribution is 2.40. The van der Waals surface area contributed by atoms with Crippen LogP contribution in [0.4, 0.5) is 11.5 Å². The van der Waals surface area contributed by atoms with E-state index in [9.17, 15) is 0 Å². The number of fused-ring (bicyclic) bond motifs is 3. The molecule has 2 atom stereocenters. The summed E-state index contributed by atoms with van der Waals surface area (Å²) in [6.45, 7) is 1.60. The van der Waals surface area contributed by atoms with Crippen molar-refractivity contribution in [3.8, 4) is 0 Å². The van der Waals surface area contributed by atoms with Crippen molar-refractivity contribution in [3.63, 3.8) is 0 Å². The van der Waals surface area contributed by atoms with E-state index in [0.29, 0.717) is 29.4 Å². The third-order valence-corrected chi connectivity index (χ3v) is 5.56. The summed E-state index contributed by atoms with van der Waals surface area (Å²) >= 11 is 0. The molecule has 0 saturated carbocycles. The minimum absolute atomic E-state index is 0.0490. The zero-order valence-electron chi connectivity index (χ0n) is 15.1. The first kappa shape index (κ1) is 16.4. The van der Waals surface area contributed by atoms with Crippen molar-refractivity contribution in [2.24, 2.45) is 15.9 Å². The van der Waals surface area contributed by atoms with Crippen LogP contribution in [0.15, 0.2) is 34.5 Å². The smallest absolute Gasteiger partial charge is 0.224 e. The number of rotatable bonds is 2. The Morgan fingerprint density at radius 2 is 2.04 bits per heavy atom. The highest BCUT2D eigenvalue weighted by molar-refractivity contribution is 5.99. The van der Waals surface area contributed by atoms with Crippen LogP contribution >= 0.6 is 0 Å². The number of nitrogen functional groups attached to an aromatic ring is 1. The molecule has 27 heavy (non-hydrogen) atoms. The largest absolute Gasteiger partial charge is 0.397 e. The van der Waals surface area contributed by atoms with Crippen LogP contribution in [-0.4, -0.2) is 40.2 Å². The molecule has 0 amide bonds. The Morgan fingerprint density at radius 1 is 1.15 bits per heavy atom. The fraction of sp³-hybridized carbons (Fsp3) is 0.474. The van der Waals surface area contributed by atoms with Gasteiger partial charge in [-0.1, -0.05) is 0 Å². The van der Waals surface area contributed by atoms with E-state index in [-0.39, 0.29) is 6.04 Å². The van der Waals surface area contributed by atoms with Crippen molar-refractivity contribution >= 4 is 23.7 Å². The van der Waals surface area contributed by atoms with Crippen molar-refractivity contribution < 1.29 is 4.74 Å². The Balaban J connectivity index is 1.45. The number of aryl methyl sites for hydroxylation is 1. The molecule has 8 heteroatoms. The third kappa shape index (κ3) is 3.10. The summed E-state index contributed by atoms with van der Waals surface area (Å²) in [6, 6.07) is 4.08. The van der Waals surface area contributed by atoms with Gasteiger partial charge in [-0.3, -0.25) is 4.68 Å². The maximum absolute atomic E-state index is 5.71. The average Bonchev–Trinajstić information content (AvgIpc) is 3.15. The van der Waals surface area contributed by atoms with Crippen LogP contribution in [0.25, 0.3) is 0 Å². The van der Waals surface area contributed by atoms with Crippen LogP contribution in [0, 0.1) is 5.92 Å². The standard InChI is InChI=1S/C19H23N7O/c20-14-3-4-16(21-11-14)24-19-22-9-12-1-2-13-10-23-26(18(13)17(12)25-19)15-5-7-27-8-6-15/h3-4,9-12,15,17H,1-2,5-8,20H2,(H,21,24,25). The Hall–Kier alpha value is -2.74. The Bertz CT molecular complexity index is 880. The second-order valence-electron chi connectivity index (χ2n) is 7.32. The van der Waals surface area contributed by atoms with Gasteiger partial charge < -0.3 is 15.8 Å². The van der Waals surface area contributed by atoms with Gasteiger partial charge in [0, 0.05) is 25.3 Å². The van der Waals surface area contributed by atoms with Crippen LogP contribution in [0.5, 0.6) is 0 Å². The molecule has 1 aliphatic carbocycles. The molecule has 2 unspecified atom stereocenters. The number of nitrogens with two attached hydrogens (primary N) is 1. The topological polar surface area (TPSA) is 103 Å². The molecule has 2 aliphatic heterocycles. The van der Waals surface area contributed by atoms with E-state index in [1.165, 1.54) is 11.3 Å². The number of aromatic nitrogens is 3. The van der Waals surface area contributed by atoms with Crippen molar-refractivity contribution in [1.29, 1.82) is 0 Å². The number of guanidine groups is 1. The van der Waals surface area contributed by atoms with Crippen molar-refractivity contribution in [3.05, 3.63) is 35.8 Å². The van der Waals surface area contributed by atoms with E-state index >= 15 is 0 Å². The minimum atomic E-state index is 0.0490. The van der Waals surface area contributed by atoms with Crippen LogP contribution in [0.2, 0.25) is 0 Å². The monoisotopic (exact) mass is 365 g/mol. The van der Waals surface area contributed by atoms with Gasteiger partial charge >= 0.3 is 0 Å².